The fraction of sp³-hybridized carbons (Fsp3) is 1.00. The highest BCUT2D eigenvalue weighted by molar-refractivity contribution is 4.63. The van der Waals surface area contributed by atoms with E-state index >= 15 is 0 Å². The van der Waals surface area contributed by atoms with Gasteiger partial charge in [-0.3, -0.25) is 10.1 Å². The maximum Gasteiger partial charge on any atom is 0.213 e. The third-order valence-electron chi connectivity index (χ3n) is 1.66. The molecule has 0 heterocycles. The van der Waals surface area contributed by atoms with Crippen LogP contribution >= 0.6 is 0 Å². The van der Waals surface area contributed by atoms with E-state index in [4.69, 9.17) is 1.37 Å². The second kappa shape index (κ2) is 2.80. The van der Waals surface area contributed by atoms with Crippen LogP contribution in [0.1, 0.15) is 33.5 Å². The predicted molar refractivity (Wildman–Crippen MR) is 33.9 cm³/mol. The van der Waals surface area contributed by atoms with Gasteiger partial charge in [-0.1, -0.05) is 6.42 Å². The average molecular weight is 131 g/mol. The smallest absolute Gasteiger partial charge is 0.213 e. The molecule has 1 aliphatic carbocycles. The Kier molecular flexibility index (Phi) is 1.62. The van der Waals surface area contributed by atoms with Crippen molar-refractivity contribution in [1.29, 1.82) is 0 Å². The minimum absolute atomic E-state index is 0.309. The predicted octanol–water partition coefficient (Wildman–Crippen LogP) is 1.60. The number of hydrogen-bond donors (Lipinski definition) is 0. The van der Waals surface area contributed by atoms with Crippen LogP contribution in [0.25, 0.3) is 0 Å². The summed E-state index contributed by atoms with van der Waals surface area (Å²) in [5.74, 6) is 0. The van der Waals surface area contributed by atoms with Crippen molar-refractivity contribution < 1.29 is 6.29 Å². The lowest BCUT2D eigenvalue weighted by Gasteiger charge is -2.13. The summed E-state index contributed by atoms with van der Waals surface area (Å²) in [5, 5.41) is 10.3. The zero-order valence-corrected chi connectivity index (χ0v) is 5.25. The third kappa shape index (κ3) is 1.66. The monoisotopic (exact) mass is 131 g/mol. The molecule has 0 saturated heterocycles. The molecule has 0 aromatic carbocycles. The summed E-state index contributed by atoms with van der Waals surface area (Å²) in [7, 11) is 0. The van der Waals surface area contributed by atoms with E-state index in [2.05, 4.69) is 0 Å². The van der Waals surface area contributed by atoms with Gasteiger partial charge in [0.25, 0.3) is 0 Å². The van der Waals surface area contributed by atoms with Crippen molar-refractivity contribution in [3.63, 3.8) is 0 Å². The van der Waals surface area contributed by atoms with Crippen LogP contribution in [0.5, 0.6) is 0 Å². The van der Waals surface area contributed by atoms with Gasteiger partial charge in [-0.15, -0.1) is 0 Å². The van der Waals surface area contributed by atoms with Crippen molar-refractivity contribution in [3.8, 4) is 0 Å². The molecule has 1 rings (SSSR count). The van der Waals surface area contributed by atoms with Gasteiger partial charge in [0.1, 0.15) is 0 Å². The summed E-state index contributed by atoms with van der Waals surface area (Å²) in [6.45, 7) is 0. The first-order chi connectivity index (χ1) is 4.72. The summed E-state index contributed by atoms with van der Waals surface area (Å²) in [4.78, 5) is 9.94. The van der Waals surface area contributed by atoms with E-state index in [1.54, 1.807) is 0 Å². The summed E-state index contributed by atoms with van der Waals surface area (Å²) < 4.78 is 7.32. The number of nitro groups is 1. The molecule has 1 fully saturated rings. The Bertz CT molecular complexity index is 140. The molecule has 3 nitrogen and oxygen atoms in total. The highest BCUT2D eigenvalue weighted by Gasteiger charge is 2.21. The van der Waals surface area contributed by atoms with Crippen LogP contribution in [0.15, 0.2) is 0 Å². The Morgan fingerprint density at radius 3 is 2.78 bits per heavy atom. The fourth-order valence-corrected chi connectivity index (χ4v) is 1.12. The standard InChI is InChI=1S/C6H11NO2/c8-7(9)6-4-2-1-3-5-6/h6H,1-5H2/i4T. The van der Waals surface area contributed by atoms with Crippen molar-refractivity contribution in [2.75, 3.05) is 0 Å². The molecule has 2 unspecified atom stereocenters. The largest absolute Gasteiger partial charge is 0.264 e. The molecule has 0 spiro atoms. The van der Waals surface area contributed by atoms with Crippen LogP contribution in [0.2, 0.25) is 0 Å². The molecular weight excluding hydrogens is 118 g/mol. The van der Waals surface area contributed by atoms with Crippen LogP contribution in [-0.4, -0.2) is 11.0 Å². The molecule has 0 aliphatic heterocycles. The Morgan fingerprint density at radius 2 is 2.33 bits per heavy atom. The zero-order chi connectivity index (χ0) is 7.56. The maximum absolute atomic E-state index is 10.3. The second-order valence-electron chi connectivity index (χ2n) is 2.37. The summed E-state index contributed by atoms with van der Waals surface area (Å²) in [6, 6.07) is -0.589. The SMILES string of the molecule is [3H]C1CCCCC1[N+](=O)[O-]. The highest BCUT2D eigenvalue weighted by atomic mass is 16.6. The van der Waals surface area contributed by atoms with E-state index < -0.39 is 12.4 Å². The van der Waals surface area contributed by atoms with Crippen LogP contribution in [0.4, 0.5) is 0 Å². The van der Waals surface area contributed by atoms with E-state index in [1.165, 1.54) is 0 Å². The van der Waals surface area contributed by atoms with Gasteiger partial charge in [0.2, 0.25) is 6.04 Å². The summed E-state index contributed by atoms with van der Waals surface area (Å²) >= 11 is 0. The van der Waals surface area contributed by atoms with E-state index in [0.29, 0.717) is 12.8 Å². The Labute approximate surface area is 55.6 Å². The number of hydrogen-bond acceptors (Lipinski definition) is 2. The molecule has 0 N–H and O–H groups in total. The first kappa shape index (κ1) is 5.21. The van der Waals surface area contributed by atoms with Gasteiger partial charge in [-0.25, -0.2) is 0 Å². The highest BCUT2D eigenvalue weighted by Crippen LogP contribution is 2.19. The van der Waals surface area contributed by atoms with Crippen LogP contribution < -0.4 is 0 Å². The van der Waals surface area contributed by atoms with E-state index in [0.717, 1.165) is 12.8 Å². The van der Waals surface area contributed by atoms with E-state index in [-0.39, 0.29) is 4.92 Å². The number of nitrogens with zero attached hydrogens (tertiary/aromatic N) is 1. The van der Waals surface area contributed by atoms with Gasteiger partial charge in [-0.05, 0) is 12.8 Å². The van der Waals surface area contributed by atoms with Crippen molar-refractivity contribution in [2.24, 2.45) is 0 Å². The van der Waals surface area contributed by atoms with Crippen molar-refractivity contribution in [1.82, 2.24) is 0 Å². The van der Waals surface area contributed by atoms with Gasteiger partial charge in [-0.2, -0.15) is 0 Å². The third-order valence-corrected chi connectivity index (χ3v) is 1.66. The summed E-state index contributed by atoms with van der Waals surface area (Å²) in [5.41, 5.74) is 0. The van der Waals surface area contributed by atoms with Gasteiger partial charge in [0.05, 0.1) is 0 Å². The molecule has 52 valence electrons. The van der Waals surface area contributed by atoms with Gasteiger partial charge in [0, 0.05) is 19.1 Å². The van der Waals surface area contributed by atoms with E-state index in [1.807, 2.05) is 0 Å². The first-order valence-electron chi connectivity index (χ1n) is 3.85. The minimum Gasteiger partial charge on any atom is -0.264 e. The van der Waals surface area contributed by atoms with Gasteiger partial charge >= 0.3 is 0 Å². The van der Waals surface area contributed by atoms with Gasteiger partial charge < -0.3 is 0 Å². The second-order valence-corrected chi connectivity index (χ2v) is 2.37. The maximum atomic E-state index is 10.3. The average Bonchev–Trinajstić information content (AvgIpc) is 1.88. The van der Waals surface area contributed by atoms with Crippen LogP contribution in [0, 0.1) is 10.1 Å². The lowest BCUT2D eigenvalue weighted by Crippen LogP contribution is -2.21. The molecule has 3 heteroatoms. The molecule has 0 radical (unpaired) electrons. The molecule has 0 aromatic heterocycles. The molecule has 0 bridgehead atoms. The Morgan fingerprint density at radius 1 is 1.56 bits per heavy atom. The minimum atomic E-state index is -0.589. The molecule has 0 amide bonds. The number of rotatable bonds is 1. The first-order valence-corrected chi connectivity index (χ1v) is 3.27. The summed E-state index contributed by atoms with van der Waals surface area (Å²) in [6.07, 6.45) is 2.75. The lowest BCUT2D eigenvalue weighted by molar-refractivity contribution is -0.526. The lowest BCUT2D eigenvalue weighted by atomic mass is 9.96. The van der Waals surface area contributed by atoms with E-state index in [9.17, 15) is 10.1 Å². The quantitative estimate of drug-likeness (QED) is 0.400. The Hall–Kier alpha value is -0.600. The zero-order valence-electron chi connectivity index (χ0n) is 6.25. The van der Waals surface area contributed by atoms with Crippen molar-refractivity contribution >= 4 is 0 Å². The Balaban J connectivity index is 2.47. The van der Waals surface area contributed by atoms with Crippen molar-refractivity contribution in [3.05, 3.63) is 10.1 Å². The molecule has 0 aromatic rings. The van der Waals surface area contributed by atoms with Crippen LogP contribution in [0.3, 0.4) is 0 Å². The molecular formula is C6H11NO2. The normalized spacial score (nSPS) is 37.6. The topological polar surface area (TPSA) is 43.1 Å². The molecule has 2 atom stereocenters. The molecule has 9 heavy (non-hydrogen) atoms. The van der Waals surface area contributed by atoms with Crippen LogP contribution in [-0.2, 0) is 0 Å². The molecule has 1 aliphatic rings. The van der Waals surface area contributed by atoms with Gasteiger partial charge in [0.15, 0.2) is 0 Å². The fourth-order valence-electron chi connectivity index (χ4n) is 1.12. The molecule has 1 saturated carbocycles. The van der Waals surface area contributed by atoms with Crippen molar-refractivity contribution in [2.45, 2.75) is 38.1 Å².